The van der Waals surface area contributed by atoms with Crippen molar-refractivity contribution in [2.75, 3.05) is 46.4 Å². The van der Waals surface area contributed by atoms with Crippen molar-refractivity contribution in [3.8, 4) is 66.9 Å². The average molecular weight is 1250 g/mol. The number of aliphatic hydroxyl groups excluding tert-OH is 1. The van der Waals surface area contributed by atoms with E-state index in [0.717, 1.165) is 48.1 Å². The summed E-state index contributed by atoms with van der Waals surface area (Å²) in [6, 6.07) is 18.7. The van der Waals surface area contributed by atoms with E-state index >= 15 is 0 Å². The van der Waals surface area contributed by atoms with Crippen molar-refractivity contribution in [2.24, 2.45) is 0 Å². The number of alkyl halides is 6. The number of hydrogen-bond donors (Lipinski definition) is 3. The SMILES string of the molecule is CCN(CC)CC.COc1cc(OCc2sc(-c3ccc(C(F)(F)F)cc3)nc2CO)ccc1-c1noc(=O)[nH]1.COc1cc(OCc2sc(-c3ccc(C(F)(F)F)cc3)nc2COS(C)(=O)=O)ccc1-c1noc(=O)[nH]1.CS(=O)(=O)Cl. The summed E-state index contributed by atoms with van der Waals surface area (Å²) in [5, 5.41) is 17.7. The topological polar surface area (TPSA) is 281 Å². The Labute approximate surface area is 476 Å². The number of rotatable bonds is 19. The van der Waals surface area contributed by atoms with Gasteiger partial charge >= 0.3 is 23.9 Å². The molecule has 0 amide bonds. The van der Waals surface area contributed by atoms with E-state index in [1.165, 1.54) is 69.5 Å². The zero-order valence-electron chi connectivity index (χ0n) is 44.3. The number of aliphatic hydroxyl groups is 1. The Kier molecular flexibility index (Phi) is 23.4. The fourth-order valence-electron chi connectivity index (χ4n) is 6.82. The first kappa shape index (κ1) is 65.7. The zero-order valence-corrected chi connectivity index (χ0v) is 48.3. The fraction of sp³-hybridized carbons (Fsp3) is 0.320. The van der Waals surface area contributed by atoms with Crippen molar-refractivity contribution in [3.05, 3.63) is 138 Å². The molecule has 8 aromatic rings. The van der Waals surface area contributed by atoms with Gasteiger partial charge in [0.15, 0.2) is 11.6 Å². The van der Waals surface area contributed by atoms with E-state index in [4.69, 9.17) is 23.1 Å². The Balaban J connectivity index is 0.000000252. The van der Waals surface area contributed by atoms with Crippen LogP contribution in [0.3, 0.4) is 0 Å². The predicted octanol–water partition coefficient (Wildman–Crippen LogP) is 10.0. The zero-order chi connectivity index (χ0) is 60.6. The minimum Gasteiger partial charge on any atom is -0.496 e. The molecule has 0 fully saturated rings. The molecule has 0 aliphatic carbocycles. The monoisotopic (exact) mass is 1250 g/mol. The lowest BCUT2D eigenvalue weighted by Gasteiger charge is -2.13. The Morgan fingerprint density at radius 2 is 1.00 bits per heavy atom. The van der Waals surface area contributed by atoms with Crippen LogP contribution in [0.1, 0.15) is 53.0 Å². The number of hydrogen-bond acceptors (Lipinski definition) is 21. The van der Waals surface area contributed by atoms with Crippen LogP contribution in [0.5, 0.6) is 23.0 Å². The number of nitrogens with one attached hydrogen (secondary N) is 2. The predicted molar refractivity (Wildman–Crippen MR) is 292 cm³/mol. The average Bonchev–Trinajstić information content (AvgIpc) is 4.37. The largest absolute Gasteiger partial charge is 0.496 e. The highest BCUT2D eigenvalue weighted by molar-refractivity contribution is 8.13. The van der Waals surface area contributed by atoms with E-state index in [1.807, 2.05) is 0 Å². The quantitative estimate of drug-likeness (QED) is 0.0385. The summed E-state index contributed by atoms with van der Waals surface area (Å²) in [7, 11) is 0.396. The number of aromatic nitrogens is 6. The van der Waals surface area contributed by atoms with Crippen LogP contribution in [-0.4, -0.2) is 103 Å². The third-order valence-corrected chi connectivity index (χ3v) is 13.6. The number of aromatic amines is 2. The Hall–Kier alpha value is -7.13. The number of ether oxygens (including phenoxy) is 4. The maximum Gasteiger partial charge on any atom is 0.439 e. The van der Waals surface area contributed by atoms with Crippen LogP contribution < -0.4 is 30.5 Å². The van der Waals surface area contributed by atoms with Gasteiger partial charge in [0, 0.05) is 33.9 Å². The minimum absolute atomic E-state index is 0.0515. The van der Waals surface area contributed by atoms with Crippen LogP contribution in [0.15, 0.2) is 104 Å². The molecule has 0 radical (unpaired) electrons. The normalized spacial score (nSPS) is 11.7. The molecule has 21 nitrogen and oxygen atoms in total. The molecule has 8 rings (SSSR count). The van der Waals surface area contributed by atoms with Gasteiger partial charge in [0.05, 0.1) is 76.7 Å². The van der Waals surface area contributed by atoms with Crippen LogP contribution >= 0.6 is 33.4 Å². The van der Waals surface area contributed by atoms with Crippen LogP contribution in [0.25, 0.3) is 43.9 Å². The summed E-state index contributed by atoms with van der Waals surface area (Å²) in [6.07, 6.45) is -7.08. The van der Waals surface area contributed by atoms with Crippen LogP contribution in [-0.2, 0) is 62.1 Å². The number of nitrogens with zero attached hydrogens (tertiary/aromatic N) is 5. The molecule has 4 heterocycles. The molecule has 0 saturated heterocycles. The minimum atomic E-state index is -4.48. The maximum absolute atomic E-state index is 12.9. The molecule has 444 valence electrons. The van der Waals surface area contributed by atoms with Crippen molar-refractivity contribution >= 4 is 52.5 Å². The number of H-pyrrole nitrogens is 2. The fourth-order valence-corrected chi connectivity index (χ4v) is 9.11. The van der Waals surface area contributed by atoms with Crippen molar-refractivity contribution in [1.29, 1.82) is 0 Å². The Bertz CT molecular complexity index is 3680. The number of benzene rings is 4. The highest BCUT2D eigenvalue weighted by Gasteiger charge is 2.31. The summed E-state index contributed by atoms with van der Waals surface area (Å²) in [6.45, 7) is 9.41. The van der Waals surface area contributed by atoms with Gasteiger partial charge in [-0.05, 0) is 68.2 Å². The van der Waals surface area contributed by atoms with Gasteiger partial charge in [-0.25, -0.2) is 28.0 Å². The lowest BCUT2D eigenvalue weighted by molar-refractivity contribution is -0.138. The summed E-state index contributed by atoms with van der Waals surface area (Å²) in [5.41, 5.74) is 0.941. The second-order valence-corrected chi connectivity index (χ2v) is 23.4. The lowest BCUT2D eigenvalue weighted by Crippen LogP contribution is -2.21. The molecular weight excluding hydrogens is 1200 g/mol. The number of halogens is 7. The van der Waals surface area contributed by atoms with E-state index in [2.05, 4.69) is 75.6 Å². The van der Waals surface area contributed by atoms with E-state index in [9.17, 15) is 57.9 Å². The molecule has 4 aromatic heterocycles. The molecule has 0 spiro atoms. The van der Waals surface area contributed by atoms with E-state index in [0.29, 0.717) is 70.7 Å². The molecule has 82 heavy (non-hydrogen) atoms. The molecular formula is C50H52ClF6N7O14S4. The molecule has 0 saturated carbocycles. The Morgan fingerprint density at radius 1 is 0.622 bits per heavy atom. The Morgan fingerprint density at radius 3 is 1.30 bits per heavy atom. The van der Waals surface area contributed by atoms with Gasteiger partial charge < -0.3 is 29.0 Å². The molecule has 0 bridgehead atoms. The molecule has 0 unspecified atom stereocenters. The number of methoxy groups -OCH3 is 2. The van der Waals surface area contributed by atoms with Crippen molar-refractivity contribution < 1.29 is 80.5 Å². The molecule has 32 heteroatoms. The maximum atomic E-state index is 12.9. The van der Waals surface area contributed by atoms with Gasteiger partial charge in [-0.3, -0.25) is 23.2 Å². The van der Waals surface area contributed by atoms with Gasteiger partial charge in [0.1, 0.15) is 52.8 Å². The first-order valence-corrected chi connectivity index (χ1v) is 29.9. The van der Waals surface area contributed by atoms with E-state index in [1.54, 1.807) is 36.4 Å². The smallest absolute Gasteiger partial charge is 0.439 e. The van der Waals surface area contributed by atoms with Crippen LogP contribution in [0.4, 0.5) is 26.3 Å². The van der Waals surface area contributed by atoms with Gasteiger partial charge in [-0.15, -0.1) is 22.7 Å². The second-order valence-electron chi connectivity index (χ2n) is 16.5. The molecule has 0 aliphatic heterocycles. The van der Waals surface area contributed by atoms with Crippen molar-refractivity contribution in [3.63, 3.8) is 0 Å². The summed E-state index contributed by atoms with van der Waals surface area (Å²) in [5.74, 6) is 0.465. The first-order valence-electron chi connectivity index (χ1n) is 23.7. The standard InChI is InChI=1S/C22H18F3N3O7S2.C21H16F3N3O5S.C6H15N.CH3ClO2S/c1-32-17-9-14(7-8-15(17)19-27-21(29)35-28-19)33-11-18-16(10-34-37(2,30)31)26-20(36-18)12-3-5-13(6-4-12)22(23,24)25;1-30-16-8-13(6-7-14(16)18-26-20(29)32-27-18)31-10-17-15(9-28)25-19(33-17)11-2-4-12(5-3-11)21(22,23)24;1-4-7(5-2)6-3;1-5(2,3)4/h3-9H,10-11H2,1-2H3,(H,27,28,29);2-8,28H,9-10H2,1H3,(H,26,27,29);4-6H2,1-3H3;1H3. The van der Waals surface area contributed by atoms with Gasteiger partial charge in [-0.1, -0.05) is 55.4 Å². The third-order valence-electron chi connectivity index (χ3n) is 10.9. The molecule has 0 atom stereocenters. The lowest BCUT2D eigenvalue weighted by atomic mass is 10.1. The first-order chi connectivity index (χ1) is 38.5. The molecule has 3 N–H and O–H groups in total. The van der Waals surface area contributed by atoms with Crippen molar-refractivity contribution in [1.82, 2.24) is 35.1 Å². The van der Waals surface area contributed by atoms with Gasteiger partial charge in [0.25, 0.3) is 10.1 Å². The summed E-state index contributed by atoms with van der Waals surface area (Å²) in [4.78, 5) is 39.5. The highest BCUT2D eigenvalue weighted by Crippen LogP contribution is 2.38. The highest BCUT2D eigenvalue weighted by atomic mass is 35.7. The molecule has 4 aromatic carbocycles. The van der Waals surface area contributed by atoms with Crippen LogP contribution in [0.2, 0.25) is 0 Å². The van der Waals surface area contributed by atoms with Gasteiger partial charge in [-0.2, -0.15) is 34.8 Å². The number of thiazole rings is 2. The van der Waals surface area contributed by atoms with Crippen LogP contribution in [0, 0.1) is 0 Å². The molecule has 0 aliphatic rings. The van der Waals surface area contributed by atoms with E-state index in [-0.39, 0.29) is 43.8 Å². The summed E-state index contributed by atoms with van der Waals surface area (Å²) >= 11 is 2.33. The third kappa shape index (κ3) is 20.1. The van der Waals surface area contributed by atoms with E-state index < -0.39 is 54.2 Å². The van der Waals surface area contributed by atoms with Crippen molar-refractivity contribution in [2.45, 2.75) is 59.6 Å². The van der Waals surface area contributed by atoms with Gasteiger partial charge in [0.2, 0.25) is 9.05 Å². The second kappa shape index (κ2) is 29.2. The summed E-state index contributed by atoms with van der Waals surface area (Å²) < 4.78 is 155.